The fourth-order valence-corrected chi connectivity index (χ4v) is 2.31. The topological polar surface area (TPSA) is 66.8 Å². The number of nitrogens with one attached hydrogen (secondary N) is 1. The molecular weight excluding hydrogens is 292 g/mol. The quantitative estimate of drug-likeness (QED) is 0.689. The van der Waals surface area contributed by atoms with Gasteiger partial charge in [0.2, 0.25) is 0 Å². The number of amides is 1. The van der Waals surface area contributed by atoms with E-state index < -0.39 is 0 Å². The summed E-state index contributed by atoms with van der Waals surface area (Å²) >= 11 is 0. The van der Waals surface area contributed by atoms with Gasteiger partial charge in [-0.05, 0) is 29.8 Å². The predicted octanol–water partition coefficient (Wildman–Crippen LogP) is 1.68. The summed E-state index contributed by atoms with van der Waals surface area (Å²) in [6, 6.07) is 13.2. The Balaban J connectivity index is 1.56. The number of ether oxygens (including phenoxy) is 1. The molecule has 1 aromatic carbocycles. The van der Waals surface area contributed by atoms with E-state index in [1.807, 2.05) is 24.3 Å². The van der Waals surface area contributed by atoms with Crippen LogP contribution in [-0.2, 0) is 4.74 Å². The van der Waals surface area contributed by atoms with E-state index in [2.05, 4.69) is 20.4 Å². The summed E-state index contributed by atoms with van der Waals surface area (Å²) in [5.74, 6) is -0.327. The van der Waals surface area contributed by atoms with Crippen LogP contribution in [0.15, 0.2) is 53.8 Å². The van der Waals surface area contributed by atoms with Crippen molar-refractivity contribution in [1.82, 2.24) is 10.4 Å². The lowest BCUT2D eigenvalue weighted by molar-refractivity contribution is 0.0950. The van der Waals surface area contributed by atoms with Crippen molar-refractivity contribution in [3.05, 3.63) is 59.9 Å². The molecule has 0 atom stereocenters. The molecule has 3 rings (SSSR count). The number of carbonyl (C=O) groups is 1. The lowest BCUT2D eigenvalue weighted by Crippen LogP contribution is -2.36. The summed E-state index contributed by atoms with van der Waals surface area (Å²) in [6.45, 7) is 3.35. The molecule has 23 heavy (non-hydrogen) atoms. The highest BCUT2D eigenvalue weighted by Gasteiger charge is 2.10. The molecular formula is C17H18N4O2. The Labute approximate surface area is 134 Å². The van der Waals surface area contributed by atoms with E-state index in [0.717, 1.165) is 31.9 Å². The number of nitrogens with zero attached hydrogens (tertiary/aromatic N) is 3. The van der Waals surface area contributed by atoms with Gasteiger partial charge in [-0.1, -0.05) is 18.2 Å². The number of pyridine rings is 1. The maximum absolute atomic E-state index is 11.8. The van der Waals surface area contributed by atoms with Crippen LogP contribution in [-0.4, -0.2) is 43.4 Å². The van der Waals surface area contributed by atoms with Crippen LogP contribution in [0, 0.1) is 0 Å². The molecule has 6 nitrogen and oxygen atoms in total. The fraction of sp³-hybridized carbons (Fsp3) is 0.235. The number of hydrogen-bond donors (Lipinski definition) is 1. The van der Waals surface area contributed by atoms with E-state index in [1.54, 1.807) is 30.6 Å². The number of anilines is 1. The van der Waals surface area contributed by atoms with Crippen molar-refractivity contribution in [1.29, 1.82) is 0 Å². The fourth-order valence-electron chi connectivity index (χ4n) is 2.31. The Hall–Kier alpha value is -2.73. The van der Waals surface area contributed by atoms with Crippen LogP contribution in [0.1, 0.15) is 16.1 Å². The molecule has 0 aliphatic carbocycles. The summed E-state index contributed by atoms with van der Waals surface area (Å²) in [7, 11) is 0. The Morgan fingerprint density at radius 2 is 1.96 bits per heavy atom. The highest BCUT2D eigenvalue weighted by molar-refractivity contribution is 5.93. The molecule has 1 fully saturated rings. The van der Waals surface area contributed by atoms with Crippen molar-refractivity contribution in [3.63, 3.8) is 0 Å². The van der Waals surface area contributed by atoms with E-state index in [1.165, 1.54) is 5.69 Å². The van der Waals surface area contributed by atoms with Crippen molar-refractivity contribution in [2.24, 2.45) is 5.10 Å². The molecule has 1 aliphatic heterocycles. The van der Waals surface area contributed by atoms with Crippen LogP contribution >= 0.6 is 0 Å². The normalized spacial score (nSPS) is 14.9. The third-order valence-electron chi connectivity index (χ3n) is 3.55. The minimum absolute atomic E-state index is 0.327. The lowest BCUT2D eigenvalue weighted by Gasteiger charge is -2.28. The molecule has 0 spiro atoms. The molecule has 118 valence electrons. The molecule has 1 amide bonds. The molecule has 0 unspecified atom stereocenters. The highest BCUT2D eigenvalue weighted by atomic mass is 16.5. The molecule has 6 heteroatoms. The summed E-state index contributed by atoms with van der Waals surface area (Å²) in [4.78, 5) is 18.0. The van der Waals surface area contributed by atoms with Gasteiger partial charge in [0.1, 0.15) is 5.69 Å². The van der Waals surface area contributed by atoms with Crippen LogP contribution in [0.25, 0.3) is 0 Å². The van der Waals surface area contributed by atoms with Crippen LogP contribution in [0.2, 0.25) is 0 Å². The zero-order valence-electron chi connectivity index (χ0n) is 12.7. The SMILES string of the molecule is O=C(N/N=C\c1ccc(N2CCOCC2)cc1)c1ccccn1. The van der Waals surface area contributed by atoms with Crippen molar-refractivity contribution in [2.75, 3.05) is 31.2 Å². The Kier molecular flexibility index (Phi) is 4.95. The van der Waals surface area contributed by atoms with Crippen molar-refractivity contribution in [3.8, 4) is 0 Å². The number of hydrazone groups is 1. The zero-order chi connectivity index (χ0) is 15.9. The number of carbonyl (C=O) groups excluding carboxylic acids is 1. The van der Waals surface area contributed by atoms with Gasteiger partial charge < -0.3 is 9.64 Å². The van der Waals surface area contributed by atoms with Gasteiger partial charge in [0.05, 0.1) is 19.4 Å². The van der Waals surface area contributed by atoms with E-state index in [0.29, 0.717) is 5.69 Å². The predicted molar refractivity (Wildman–Crippen MR) is 88.8 cm³/mol. The molecule has 2 heterocycles. The second-order valence-electron chi connectivity index (χ2n) is 5.11. The molecule has 0 bridgehead atoms. The average molecular weight is 310 g/mol. The first kappa shape index (κ1) is 15.2. The molecule has 1 saturated heterocycles. The minimum atomic E-state index is -0.327. The van der Waals surface area contributed by atoms with Gasteiger partial charge in [0, 0.05) is 25.0 Å². The van der Waals surface area contributed by atoms with Gasteiger partial charge in [-0.3, -0.25) is 9.78 Å². The van der Waals surface area contributed by atoms with Crippen LogP contribution in [0.5, 0.6) is 0 Å². The van der Waals surface area contributed by atoms with Crippen molar-refractivity contribution in [2.45, 2.75) is 0 Å². The first-order chi connectivity index (χ1) is 11.3. The third kappa shape index (κ3) is 4.14. The van der Waals surface area contributed by atoms with E-state index in [-0.39, 0.29) is 5.91 Å². The maximum Gasteiger partial charge on any atom is 0.289 e. The largest absolute Gasteiger partial charge is 0.378 e. The smallest absolute Gasteiger partial charge is 0.289 e. The molecule has 0 radical (unpaired) electrons. The molecule has 1 N–H and O–H groups in total. The third-order valence-corrected chi connectivity index (χ3v) is 3.55. The number of benzene rings is 1. The van der Waals surface area contributed by atoms with Crippen molar-refractivity contribution >= 4 is 17.8 Å². The van der Waals surface area contributed by atoms with Crippen molar-refractivity contribution < 1.29 is 9.53 Å². The summed E-state index contributed by atoms with van der Waals surface area (Å²) < 4.78 is 5.35. The summed E-state index contributed by atoms with van der Waals surface area (Å²) in [6.07, 6.45) is 3.19. The Morgan fingerprint density at radius 3 is 2.65 bits per heavy atom. The Bertz CT molecular complexity index is 665. The molecule has 1 aromatic heterocycles. The van der Waals surface area contributed by atoms with E-state index in [9.17, 15) is 4.79 Å². The summed E-state index contributed by atoms with van der Waals surface area (Å²) in [5.41, 5.74) is 4.90. The standard InChI is InChI=1S/C17H18N4O2/c22-17(16-3-1-2-8-18-16)20-19-13-14-4-6-15(7-5-14)21-9-11-23-12-10-21/h1-8,13H,9-12H2,(H,20,22)/b19-13-. The van der Waals surface area contributed by atoms with Crippen LogP contribution in [0.4, 0.5) is 5.69 Å². The monoisotopic (exact) mass is 310 g/mol. The van der Waals surface area contributed by atoms with E-state index >= 15 is 0 Å². The molecule has 2 aromatic rings. The number of rotatable bonds is 4. The van der Waals surface area contributed by atoms with Gasteiger partial charge in [0.15, 0.2) is 0 Å². The second kappa shape index (κ2) is 7.51. The Morgan fingerprint density at radius 1 is 1.17 bits per heavy atom. The number of aromatic nitrogens is 1. The maximum atomic E-state index is 11.8. The second-order valence-corrected chi connectivity index (χ2v) is 5.11. The number of hydrogen-bond acceptors (Lipinski definition) is 5. The van der Waals surface area contributed by atoms with Gasteiger partial charge in [-0.15, -0.1) is 0 Å². The van der Waals surface area contributed by atoms with Gasteiger partial charge in [-0.2, -0.15) is 5.10 Å². The minimum Gasteiger partial charge on any atom is -0.378 e. The van der Waals surface area contributed by atoms with E-state index in [4.69, 9.17) is 4.74 Å². The molecule has 0 saturated carbocycles. The lowest BCUT2D eigenvalue weighted by atomic mass is 10.2. The first-order valence-electron chi connectivity index (χ1n) is 7.50. The average Bonchev–Trinajstić information content (AvgIpc) is 2.64. The van der Waals surface area contributed by atoms with Crippen LogP contribution in [0.3, 0.4) is 0 Å². The molecule has 1 aliphatic rings. The van der Waals surface area contributed by atoms with Gasteiger partial charge in [0.25, 0.3) is 5.91 Å². The highest BCUT2D eigenvalue weighted by Crippen LogP contribution is 2.15. The first-order valence-corrected chi connectivity index (χ1v) is 7.50. The zero-order valence-corrected chi connectivity index (χ0v) is 12.7. The summed E-state index contributed by atoms with van der Waals surface area (Å²) in [5, 5.41) is 3.96. The van der Waals surface area contributed by atoms with Crippen LogP contribution < -0.4 is 10.3 Å². The number of morpholine rings is 1. The van der Waals surface area contributed by atoms with Gasteiger partial charge in [-0.25, -0.2) is 5.43 Å². The van der Waals surface area contributed by atoms with Gasteiger partial charge >= 0.3 is 0 Å².